The molecule has 0 aliphatic rings. The van der Waals surface area contributed by atoms with Crippen LogP contribution in [0, 0.1) is 0 Å². The van der Waals surface area contributed by atoms with E-state index in [1.807, 2.05) is 0 Å². The number of hydrogen-bond donors (Lipinski definition) is 4. The first-order valence-electron chi connectivity index (χ1n) is 8.95. The predicted octanol–water partition coefficient (Wildman–Crippen LogP) is 3.13. The fourth-order valence-electron chi connectivity index (χ4n) is 2.47. The van der Waals surface area contributed by atoms with E-state index in [0.717, 1.165) is 37.9 Å². The van der Waals surface area contributed by atoms with Crippen LogP contribution in [0.3, 0.4) is 0 Å². The van der Waals surface area contributed by atoms with E-state index in [2.05, 4.69) is 17.9 Å². The van der Waals surface area contributed by atoms with Crippen molar-refractivity contribution in [3.63, 3.8) is 0 Å². The molecule has 0 saturated carbocycles. The maximum Gasteiger partial charge on any atom is 0.326 e. The second kappa shape index (κ2) is 16.1. The molecule has 0 spiro atoms. The average Bonchev–Trinajstić information content (AvgIpc) is 2.52. The summed E-state index contributed by atoms with van der Waals surface area (Å²) in [5.74, 6) is -0.144. The standard InChI is InChI=1S/C17H34N2O3S/c18-13-9-8-11-15(17(21)22)19-16(20)12-7-5-3-1-2-4-6-10-14-23/h15,23H,1-14,18H2,(H,19,20)(H,21,22). The number of carbonyl (C=O) groups excluding carboxylic acids is 1. The van der Waals surface area contributed by atoms with E-state index in [-0.39, 0.29) is 5.91 Å². The third-order valence-corrected chi connectivity index (χ3v) is 4.21. The minimum absolute atomic E-state index is 0.154. The Bertz CT molecular complexity index is 314. The van der Waals surface area contributed by atoms with Crippen LogP contribution in [0.1, 0.15) is 77.0 Å². The highest BCUT2D eigenvalue weighted by Gasteiger charge is 2.18. The zero-order valence-electron chi connectivity index (χ0n) is 14.3. The second-order valence-electron chi connectivity index (χ2n) is 6.04. The zero-order chi connectivity index (χ0) is 17.3. The van der Waals surface area contributed by atoms with Gasteiger partial charge in [0.15, 0.2) is 0 Å². The molecule has 0 fully saturated rings. The van der Waals surface area contributed by atoms with Gasteiger partial charge in [-0.25, -0.2) is 4.79 Å². The van der Waals surface area contributed by atoms with Crippen molar-refractivity contribution in [2.45, 2.75) is 83.1 Å². The lowest BCUT2D eigenvalue weighted by Crippen LogP contribution is -2.40. The van der Waals surface area contributed by atoms with Crippen LogP contribution in [0.5, 0.6) is 0 Å². The number of carboxylic acid groups (broad SMARTS) is 1. The van der Waals surface area contributed by atoms with Crippen molar-refractivity contribution in [1.29, 1.82) is 0 Å². The van der Waals surface area contributed by atoms with Crippen LogP contribution in [-0.4, -0.2) is 35.3 Å². The largest absolute Gasteiger partial charge is 0.480 e. The van der Waals surface area contributed by atoms with Gasteiger partial charge in [-0.05, 0) is 44.4 Å². The van der Waals surface area contributed by atoms with Gasteiger partial charge in [-0.3, -0.25) is 4.79 Å². The molecule has 0 heterocycles. The summed E-state index contributed by atoms with van der Waals surface area (Å²) in [5, 5.41) is 11.7. The summed E-state index contributed by atoms with van der Waals surface area (Å²) >= 11 is 4.19. The van der Waals surface area contributed by atoms with Crippen LogP contribution in [-0.2, 0) is 9.59 Å². The van der Waals surface area contributed by atoms with E-state index < -0.39 is 12.0 Å². The van der Waals surface area contributed by atoms with Crippen LogP contribution >= 0.6 is 12.6 Å². The molecule has 6 heteroatoms. The maximum atomic E-state index is 11.8. The van der Waals surface area contributed by atoms with Crippen LogP contribution in [0.25, 0.3) is 0 Å². The number of aliphatic carboxylic acids is 1. The number of unbranched alkanes of at least 4 members (excludes halogenated alkanes) is 8. The fourth-order valence-corrected chi connectivity index (χ4v) is 2.70. The molecule has 4 N–H and O–H groups in total. The van der Waals surface area contributed by atoms with Gasteiger partial charge >= 0.3 is 5.97 Å². The minimum Gasteiger partial charge on any atom is -0.480 e. The summed E-state index contributed by atoms with van der Waals surface area (Å²) in [6, 6.07) is -0.777. The van der Waals surface area contributed by atoms with E-state index in [1.54, 1.807) is 0 Å². The van der Waals surface area contributed by atoms with Crippen molar-refractivity contribution >= 4 is 24.5 Å². The molecule has 136 valence electrons. The number of amides is 1. The molecular weight excluding hydrogens is 312 g/mol. The number of nitrogens with two attached hydrogens (primary N) is 1. The molecule has 1 unspecified atom stereocenters. The molecule has 5 nitrogen and oxygen atoms in total. The molecule has 0 aromatic heterocycles. The lowest BCUT2D eigenvalue weighted by atomic mass is 10.1. The Morgan fingerprint density at radius 2 is 1.48 bits per heavy atom. The highest BCUT2D eigenvalue weighted by atomic mass is 32.1. The summed E-state index contributed by atoms with van der Waals surface area (Å²) in [4.78, 5) is 22.9. The monoisotopic (exact) mass is 346 g/mol. The second-order valence-corrected chi connectivity index (χ2v) is 6.49. The first kappa shape index (κ1) is 22.2. The summed E-state index contributed by atoms with van der Waals surface area (Å²) in [7, 11) is 0. The van der Waals surface area contributed by atoms with Crippen molar-refractivity contribution in [3.8, 4) is 0 Å². The SMILES string of the molecule is NCCCCC(NC(=O)CCCCCCCCCCS)C(=O)O. The topological polar surface area (TPSA) is 92.4 Å². The minimum atomic E-state index is -0.961. The predicted molar refractivity (Wildman–Crippen MR) is 97.9 cm³/mol. The van der Waals surface area contributed by atoms with Gasteiger partial charge in [0.1, 0.15) is 6.04 Å². The number of thiol groups is 1. The van der Waals surface area contributed by atoms with Crippen LogP contribution in [0.2, 0.25) is 0 Å². The third-order valence-electron chi connectivity index (χ3n) is 3.89. The Kier molecular flexibility index (Phi) is 15.6. The summed E-state index contributed by atoms with van der Waals surface area (Å²) in [6.45, 7) is 0.551. The Morgan fingerprint density at radius 1 is 0.913 bits per heavy atom. The molecular formula is C17H34N2O3S. The highest BCUT2D eigenvalue weighted by molar-refractivity contribution is 7.80. The van der Waals surface area contributed by atoms with E-state index in [0.29, 0.717) is 19.4 Å². The first-order valence-corrected chi connectivity index (χ1v) is 9.58. The normalized spacial score (nSPS) is 12.1. The number of rotatable bonds is 16. The molecule has 0 aromatic carbocycles. The van der Waals surface area contributed by atoms with E-state index in [4.69, 9.17) is 10.8 Å². The highest BCUT2D eigenvalue weighted by Crippen LogP contribution is 2.10. The lowest BCUT2D eigenvalue weighted by molar-refractivity contribution is -0.142. The lowest BCUT2D eigenvalue weighted by Gasteiger charge is -2.14. The number of hydrogen-bond acceptors (Lipinski definition) is 4. The summed E-state index contributed by atoms with van der Waals surface area (Å²) in [5.41, 5.74) is 5.39. The van der Waals surface area contributed by atoms with Crippen molar-refractivity contribution in [3.05, 3.63) is 0 Å². The molecule has 0 saturated heterocycles. The molecule has 0 aliphatic heterocycles. The van der Waals surface area contributed by atoms with Crippen LogP contribution in [0.15, 0.2) is 0 Å². The van der Waals surface area contributed by atoms with Gasteiger partial charge in [0.2, 0.25) is 5.91 Å². The smallest absolute Gasteiger partial charge is 0.326 e. The Morgan fingerprint density at radius 3 is 2.00 bits per heavy atom. The Hall–Kier alpha value is -0.750. The van der Waals surface area contributed by atoms with Crippen LogP contribution < -0.4 is 11.1 Å². The van der Waals surface area contributed by atoms with Gasteiger partial charge in [-0.1, -0.05) is 38.5 Å². The number of nitrogens with one attached hydrogen (secondary N) is 1. The third kappa shape index (κ3) is 14.6. The Labute approximate surface area is 146 Å². The first-order chi connectivity index (χ1) is 11.1. The summed E-state index contributed by atoms with van der Waals surface area (Å²) in [6.07, 6.45) is 11.6. The molecule has 0 radical (unpaired) electrons. The average molecular weight is 347 g/mol. The van der Waals surface area contributed by atoms with E-state index in [9.17, 15) is 9.59 Å². The van der Waals surface area contributed by atoms with Gasteiger partial charge in [-0.2, -0.15) is 12.6 Å². The van der Waals surface area contributed by atoms with Gasteiger partial charge < -0.3 is 16.2 Å². The quantitative estimate of drug-likeness (QED) is 0.255. The molecule has 0 rings (SSSR count). The van der Waals surface area contributed by atoms with Gasteiger partial charge in [0, 0.05) is 6.42 Å². The molecule has 1 amide bonds. The molecule has 0 aliphatic carbocycles. The van der Waals surface area contributed by atoms with Crippen molar-refractivity contribution in [1.82, 2.24) is 5.32 Å². The van der Waals surface area contributed by atoms with E-state index >= 15 is 0 Å². The molecule has 0 aromatic rings. The van der Waals surface area contributed by atoms with Crippen molar-refractivity contribution in [2.75, 3.05) is 12.3 Å². The van der Waals surface area contributed by atoms with Gasteiger partial charge in [-0.15, -0.1) is 0 Å². The van der Waals surface area contributed by atoms with Crippen molar-refractivity contribution < 1.29 is 14.7 Å². The van der Waals surface area contributed by atoms with Gasteiger partial charge in [0.05, 0.1) is 0 Å². The van der Waals surface area contributed by atoms with Gasteiger partial charge in [0.25, 0.3) is 0 Å². The molecule has 1 atom stereocenters. The summed E-state index contributed by atoms with van der Waals surface area (Å²) < 4.78 is 0. The molecule has 0 bridgehead atoms. The fraction of sp³-hybridized carbons (Fsp3) is 0.882. The number of carbonyl (C=O) groups is 2. The molecule has 23 heavy (non-hydrogen) atoms. The van der Waals surface area contributed by atoms with E-state index in [1.165, 1.54) is 32.1 Å². The van der Waals surface area contributed by atoms with Crippen molar-refractivity contribution in [2.24, 2.45) is 5.73 Å². The zero-order valence-corrected chi connectivity index (χ0v) is 15.2. The maximum absolute atomic E-state index is 11.8. The Balaban J connectivity index is 3.61. The van der Waals surface area contributed by atoms with Crippen LogP contribution in [0.4, 0.5) is 0 Å². The number of carboxylic acids is 1.